The lowest BCUT2D eigenvalue weighted by molar-refractivity contribution is -0.137. The summed E-state index contributed by atoms with van der Waals surface area (Å²) in [6, 6.07) is 5.32. The monoisotopic (exact) mass is 302 g/mol. The third-order valence-electron chi connectivity index (χ3n) is 3.29. The predicted octanol–water partition coefficient (Wildman–Crippen LogP) is 3.05. The average molecular weight is 302 g/mol. The van der Waals surface area contributed by atoms with Crippen molar-refractivity contribution in [2.75, 3.05) is 13.1 Å². The van der Waals surface area contributed by atoms with Crippen LogP contribution in [0.1, 0.15) is 43.2 Å². The van der Waals surface area contributed by atoms with Crippen LogP contribution in [-0.2, 0) is 11.0 Å². The number of benzene rings is 1. The van der Waals surface area contributed by atoms with Crippen LogP contribution in [-0.4, -0.2) is 19.0 Å². The zero-order valence-corrected chi connectivity index (χ0v) is 12.0. The first kappa shape index (κ1) is 17.5. The summed E-state index contributed by atoms with van der Waals surface area (Å²) in [5.74, 6) is -0.126. The van der Waals surface area contributed by atoms with Crippen LogP contribution in [0.4, 0.5) is 13.2 Å². The average Bonchev–Trinajstić information content (AvgIpc) is 2.44. The van der Waals surface area contributed by atoms with E-state index in [0.717, 1.165) is 6.07 Å². The van der Waals surface area contributed by atoms with E-state index in [0.29, 0.717) is 37.9 Å². The van der Waals surface area contributed by atoms with Gasteiger partial charge < -0.3 is 11.1 Å². The Morgan fingerprint density at radius 2 is 2.10 bits per heavy atom. The molecule has 3 nitrogen and oxygen atoms in total. The molecule has 0 radical (unpaired) electrons. The number of nitrogens with two attached hydrogens (primary N) is 1. The summed E-state index contributed by atoms with van der Waals surface area (Å²) in [6.07, 6.45) is -2.72. The quantitative estimate of drug-likeness (QED) is 0.813. The smallest absolute Gasteiger partial charge is 0.356 e. The molecule has 0 spiro atoms. The van der Waals surface area contributed by atoms with Gasteiger partial charge in [-0.05, 0) is 36.9 Å². The number of alkyl halides is 3. The highest BCUT2D eigenvalue weighted by molar-refractivity contribution is 5.75. The van der Waals surface area contributed by atoms with Crippen molar-refractivity contribution >= 4 is 5.91 Å². The van der Waals surface area contributed by atoms with Gasteiger partial charge in [-0.3, -0.25) is 4.79 Å². The van der Waals surface area contributed by atoms with Crippen molar-refractivity contribution in [3.8, 4) is 0 Å². The van der Waals surface area contributed by atoms with E-state index in [4.69, 9.17) is 5.73 Å². The molecular weight excluding hydrogens is 281 g/mol. The Labute approximate surface area is 122 Å². The zero-order chi connectivity index (χ0) is 15.9. The van der Waals surface area contributed by atoms with Crippen LogP contribution in [0.25, 0.3) is 0 Å². The van der Waals surface area contributed by atoms with E-state index in [1.807, 2.05) is 6.92 Å². The molecule has 0 aromatic heterocycles. The molecule has 0 aliphatic carbocycles. The molecule has 0 heterocycles. The number of carbonyl (C=O) groups excluding carboxylic acids is 1. The van der Waals surface area contributed by atoms with Crippen molar-refractivity contribution in [2.45, 2.75) is 38.3 Å². The molecule has 0 aliphatic rings. The Morgan fingerprint density at radius 1 is 1.38 bits per heavy atom. The number of rotatable bonds is 7. The third kappa shape index (κ3) is 6.16. The third-order valence-corrected chi connectivity index (χ3v) is 3.29. The Hall–Kier alpha value is -1.56. The van der Waals surface area contributed by atoms with Crippen LogP contribution < -0.4 is 11.1 Å². The van der Waals surface area contributed by atoms with Crippen molar-refractivity contribution in [2.24, 2.45) is 5.73 Å². The lowest BCUT2D eigenvalue weighted by Gasteiger charge is -2.15. The number of hydrogen-bond acceptors (Lipinski definition) is 2. The minimum atomic E-state index is -4.33. The first-order valence-corrected chi connectivity index (χ1v) is 6.98. The topological polar surface area (TPSA) is 55.1 Å². The van der Waals surface area contributed by atoms with Gasteiger partial charge in [0, 0.05) is 13.0 Å². The molecule has 21 heavy (non-hydrogen) atoms. The highest BCUT2D eigenvalue weighted by atomic mass is 19.4. The van der Waals surface area contributed by atoms with Crippen LogP contribution in [0.3, 0.4) is 0 Å². The molecule has 0 bridgehead atoms. The molecule has 118 valence electrons. The summed E-state index contributed by atoms with van der Waals surface area (Å²) in [5.41, 5.74) is 5.29. The number of halogens is 3. The van der Waals surface area contributed by atoms with Crippen LogP contribution in [0.5, 0.6) is 0 Å². The fourth-order valence-corrected chi connectivity index (χ4v) is 1.97. The van der Waals surface area contributed by atoms with Gasteiger partial charge in [0.05, 0.1) is 5.56 Å². The maximum Gasteiger partial charge on any atom is 0.416 e. The molecule has 1 amide bonds. The summed E-state index contributed by atoms with van der Waals surface area (Å²) in [4.78, 5) is 11.4. The second-order valence-electron chi connectivity index (χ2n) is 5.06. The number of amides is 1. The first-order valence-electron chi connectivity index (χ1n) is 6.98. The molecular formula is C15H21F3N2O. The molecule has 3 N–H and O–H groups in total. The zero-order valence-electron chi connectivity index (χ0n) is 12.0. The van der Waals surface area contributed by atoms with Gasteiger partial charge in [-0.15, -0.1) is 0 Å². The van der Waals surface area contributed by atoms with E-state index >= 15 is 0 Å². The molecule has 1 aromatic carbocycles. The standard InChI is InChI=1S/C15H21F3N2O/c1-11(7-9-20-14(21)6-3-8-19)12-4-2-5-13(10-12)15(16,17)18/h2,4-5,10-11H,3,6-9,19H2,1H3,(H,20,21). The lowest BCUT2D eigenvalue weighted by atomic mass is 9.96. The van der Waals surface area contributed by atoms with Crippen LogP contribution in [0.15, 0.2) is 24.3 Å². The van der Waals surface area contributed by atoms with E-state index < -0.39 is 11.7 Å². The molecule has 0 saturated carbocycles. The molecule has 0 aliphatic heterocycles. The maximum atomic E-state index is 12.6. The molecule has 1 aromatic rings. The van der Waals surface area contributed by atoms with Gasteiger partial charge >= 0.3 is 6.18 Å². The lowest BCUT2D eigenvalue weighted by Crippen LogP contribution is -2.25. The predicted molar refractivity (Wildman–Crippen MR) is 75.8 cm³/mol. The SMILES string of the molecule is CC(CCNC(=O)CCCN)c1cccc(C(F)(F)F)c1. The van der Waals surface area contributed by atoms with E-state index in [2.05, 4.69) is 5.32 Å². The molecule has 6 heteroatoms. The molecule has 1 rings (SSSR count). The van der Waals surface area contributed by atoms with Gasteiger partial charge in [0.2, 0.25) is 5.91 Å². The maximum absolute atomic E-state index is 12.6. The Bertz CT molecular complexity index is 460. The van der Waals surface area contributed by atoms with Crippen molar-refractivity contribution in [3.05, 3.63) is 35.4 Å². The second-order valence-corrected chi connectivity index (χ2v) is 5.06. The fourth-order valence-electron chi connectivity index (χ4n) is 1.97. The molecule has 1 unspecified atom stereocenters. The Kier molecular flexibility index (Phi) is 6.68. The van der Waals surface area contributed by atoms with Crippen molar-refractivity contribution in [3.63, 3.8) is 0 Å². The highest BCUT2D eigenvalue weighted by Crippen LogP contribution is 2.31. The summed E-state index contributed by atoms with van der Waals surface area (Å²) in [6.45, 7) is 2.76. The summed E-state index contributed by atoms with van der Waals surface area (Å²) in [7, 11) is 0. The van der Waals surface area contributed by atoms with Gasteiger partial charge in [0.1, 0.15) is 0 Å². The van der Waals surface area contributed by atoms with Crippen molar-refractivity contribution in [1.82, 2.24) is 5.32 Å². The van der Waals surface area contributed by atoms with E-state index in [-0.39, 0.29) is 11.8 Å². The Balaban J connectivity index is 2.49. The van der Waals surface area contributed by atoms with Gasteiger partial charge in [0.25, 0.3) is 0 Å². The van der Waals surface area contributed by atoms with Crippen LogP contribution in [0.2, 0.25) is 0 Å². The minimum Gasteiger partial charge on any atom is -0.356 e. The molecule has 0 saturated heterocycles. The van der Waals surface area contributed by atoms with Gasteiger partial charge in [-0.25, -0.2) is 0 Å². The van der Waals surface area contributed by atoms with Crippen molar-refractivity contribution in [1.29, 1.82) is 0 Å². The summed E-state index contributed by atoms with van der Waals surface area (Å²) in [5, 5.41) is 2.75. The molecule has 0 fully saturated rings. The number of nitrogens with one attached hydrogen (secondary N) is 1. The number of hydrogen-bond donors (Lipinski definition) is 2. The fraction of sp³-hybridized carbons (Fsp3) is 0.533. The summed E-state index contributed by atoms with van der Waals surface area (Å²) >= 11 is 0. The second kappa shape index (κ2) is 8.02. The van der Waals surface area contributed by atoms with Crippen molar-refractivity contribution < 1.29 is 18.0 Å². The van der Waals surface area contributed by atoms with E-state index in [1.54, 1.807) is 6.07 Å². The summed E-state index contributed by atoms with van der Waals surface area (Å²) < 4.78 is 37.9. The Morgan fingerprint density at radius 3 is 2.71 bits per heavy atom. The molecule has 1 atom stereocenters. The first-order chi connectivity index (χ1) is 9.84. The number of carbonyl (C=O) groups is 1. The largest absolute Gasteiger partial charge is 0.416 e. The normalized spacial score (nSPS) is 13.0. The van der Waals surface area contributed by atoms with Gasteiger partial charge in [-0.2, -0.15) is 13.2 Å². The van der Waals surface area contributed by atoms with Gasteiger partial charge in [-0.1, -0.05) is 25.1 Å². The van der Waals surface area contributed by atoms with Crippen LogP contribution >= 0.6 is 0 Å². The van der Waals surface area contributed by atoms with E-state index in [9.17, 15) is 18.0 Å². The minimum absolute atomic E-state index is 0.0536. The van der Waals surface area contributed by atoms with Gasteiger partial charge in [0.15, 0.2) is 0 Å². The highest BCUT2D eigenvalue weighted by Gasteiger charge is 2.30. The van der Waals surface area contributed by atoms with E-state index in [1.165, 1.54) is 12.1 Å². The van der Waals surface area contributed by atoms with Crippen LogP contribution in [0, 0.1) is 0 Å².